The van der Waals surface area contributed by atoms with E-state index in [-0.39, 0.29) is 358 Å². The molecule has 0 nitrogen and oxygen atoms in total. The summed E-state index contributed by atoms with van der Waals surface area (Å²) >= 11 is 0. The monoisotopic (exact) mass is 2920 g/mol. The van der Waals surface area contributed by atoms with Crippen molar-refractivity contribution in [1.29, 1.82) is 0 Å². The normalized spacial score (nSPS) is 4.90. The number of aryl methyl sites for hydroxylation is 1. The summed E-state index contributed by atoms with van der Waals surface area (Å²) < 4.78 is 0. The van der Waals surface area contributed by atoms with Gasteiger partial charge in [-0.3, -0.25) is 0 Å². The Morgan fingerprint density at radius 2 is 0.562 bits per heavy atom. The molecule has 3 radical (unpaired) electrons. The largest absolute Gasteiger partial charge is 0.184 e. The van der Waals surface area contributed by atoms with Crippen LogP contribution < -0.4 is 0 Å². The Hall–Kier alpha value is 8.45. The Morgan fingerprint density at radius 3 is 0.646 bits per heavy atom. The van der Waals surface area contributed by atoms with Gasteiger partial charge in [0.05, 0.1) is 0 Å². The first-order valence-electron chi connectivity index (χ1n) is 11.6. The summed E-state index contributed by atoms with van der Waals surface area (Å²) in [5.74, 6) is 0. The Bertz CT molecular complexity index is 603. The molecule has 0 aromatic heterocycles. The van der Waals surface area contributed by atoms with E-state index in [1.165, 1.54) is 5.56 Å². The predicted octanol–water partition coefficient (Wildman–Crippen LogP) is 10.2. The number of hydrogen-bond acceptors (Lipinski definition) is 0. The first kappa shape index (κ1) is 124. The van der Waals surface area contributed by atoms with Crippen LogP contribution in [0.3, 0.4) is 0 Å². The fourth-order valence-corrected chi connectivity index (χ4v) is 1.68. The van der Waals surface area contributed by atoms with E-state index in [1.54, 1.807) is 0 Å². The molecule has 15 heteroatoms. The standard InChI is InChI=1S/C8H9.3C6H5.3C2H6.CH4.12W.3Y/c1-2-8-6-4-3-5-7-8;3*1-2-4-6-5-3-1;3*1-2;;;;;;;;;;;;;;;;/h3-6H,2H2,1H3;3*1-5H;3*1-2H3;1H4;;;;;;;;;;;;;;;/q4*-1;;;;;;;;;;;;;;;;;;;. The number of benzene rings is 4. The molecule has 0 atom stereocenters. The minimum absolute atomic E-state index is 0. The SMILES string of the molecule is C.CC.CC.CC.CCc1[c-]cccc1.[W].[W].[W].[W].[W].[W].[W].[W].[W].[W].[W].[W].[Y].[Y].[Y].[c-]1ccccc1.[c-]1ccccc1.[c-]1ccccc1. The Balaban J connectivity index is -0.0000000118. The molecule has 0 saturated carbocycles. The number of hydrogen-bond donors (Lipinski definition) is 0. The van der Waals surface area contributed by atoms with Crippen molar-refractivity contribution in [3.8, 4) is 0 Å². The van der Waals surface area contributed by atoms with Crippen LogP contribution in [0.15, 0.2) is 115 Å². The molecule has 0 aliphatic rings. The zero-order valence-electron chi connectivity index (χ0n) is 27.8. The molecule has 4 rings (SSSR count). The van der Waals surface area contributed by atoms with Gasteiger partial charge in [0.15, 0.2) is 0 Å². The first-order valence-corrected chi connectivity index (χ1v) is 11.6. The van der Waals surface area contributed by atoms with Gasteiger partial charge in [-0.15, -0.1) is 0 Å². The van der Waals surface area contributed by atoms with Crippen LogP contribution in [-0.2, 0) is 357 Å². The summed E-state index contributed by atoms with van der Waals surface area (Å²) in [6.45, 7) is 14.1. The van der Waals surface area contributed by atoms with Crippen molar-refractivity contribution in [3.63, 3.8) is 0 Å². The molecular weight excluding hydrogens is 2870 g/mol. The Labute approximate surface area is 546 Å². The van der Waals surface area contributed by atoms with Crippen LogP contribution in [0.5, 0.6) is 0 Å². The molecule has 48 heavy (non-hydrogen) atoms. The molecule has 0 fully saturated rings. The van der Waals surface area contributed by atoms with Gasteiger partial charge in [0.1, 0.15) is 0 Å². The third-order valence-electron chi connectivity index (χ3n) is 2.98. The maximum atomic E-state index is 3.12. The van der Waals surface area contributed by atoms with Crippen molar-refractivity contribution < 1.29 is 351 Å². The second-order valence-corrected chi connectivity index (χ2v) is 4.97. The van der Waals surface area contributed by atoms with Gasteiger partial charge in [0, 0.05) is 351 Å². The molecular formula is C33H46W12Y3-4. The summed E-state index contributed by atoms with van der Waals surface area (Å²) in [6, 6.07) is 48.7. The van der Waals surface area contributed by atoms with Crippen molar-refractivity contribution in [2.45, 2.75) is 62.3 Å². The minimum Gasteiger partial charge on any atom is -0.184 e. The molecule has 0 N–H and O–H groups in total. The van der Waals surface area contributed by atoms with Gasteiger partial charge in [-0.2, -0.15) is 145 Å². The molecule has 0 saturated heterocycles. The van der Waals surface area contributed by atoms with Gasteiger partial charge in [-0.1, -0.05) is 62.3 Å². The van der Waals surface area contributed by atoms with E-state index in [0.717, 1.165) is 6.42 Å². The van der Waals surface area contributed by atoms with Crippen molar-refractivity contribution in [2.75, 3.05) is 0 Å². The van der Waals surface area contributed by atoms with Gasteiger partial charge in [-0.05, 0) is 0 Å². The third-order valence-corrected chi connectivity index (χ3v) is 2.98. The van der Waals surface area contributed by atoms with Crippen molar-refractivity contribution in [1.82, 2.24) is 0 Å². The van der Waals surface area contributed by atoms with Gasteiger partial charge in [0.2, 0.25) is 0 Å². The van der Waals surface area contributed by atoms with Crippen molar-refractivity contribution in [3.05, 3.63) is 145 Å². The van der Waals surface area contributed by atoms with E-state index in [1.807, 2.05) is 151 Å². The van der Waals surface area contributed by atoms with Gasteiger partial charge < -0.3 is 0 Å². The summed E-state index contributed by atoms with van der Waals surface area (Å²) in [6.07, 6.45) is 1.08. The van der Waals surface area contributed by atoms with Crippen LogP contribution in [0.4, 0.5) is 0 Å². The molecule has 263 valence electrons. The molecule has 0 aliphatic carbocycles. The average molecular weight is 2920 g/mol. The Morgan fingerprint density at radius 1 is 0.354 bits per heavy atom. The van der Waals surface area contributed by atoms with Crippen molar-refractivity contribution in [2.24, 2.45) is 0 Å². The Kier molecular flexibility index (Phi) is 337. The van der Waals surface area contributed by atoms with E-state index in [4.69, 9.17) is 0 Å². The van der Waals surface area contributed by atoms with E-state index in [2.05, 4.69) is 37.3 Å². The molecule has 4 aromatic rings. The van der Waals surface area contributed by atoms with Crippen LogP contribution in [0.2, 0.25) is 0 Å². The van der Waals surface area contributed by atoms with E-state index in [0.29, 0.717) is 0 Å². The van der Waals surface area contributed by atoms with E-state index in [9.17, 15) is 0 Å². The minimum atomic E-state index is 0. The summed E-state index contributed by atoms with van der Waals surface area (Å²) in [7, 11) is 0. The molecule has 0 unspecified atom stereocenters. The third kappa shape index (κ3) is 117. The molecule has 0 bridgehead atoms. The maximum Gasteiger partial charge on any atom is 0 e. The fourth-order valence-electron chi connectivity index (χ4n) is 1.68. The maximum absolute atomic E-state index is 3.12. The number of rotatable bonds is 1. The molecule has 0 amide bonds. The second kappa shape index (κ2) is 131. The first-order chi connectivity index (χ1) is 15.9. The van der Waals surface area contributed by atoms with Crippen LogP contribution in [-0.4, -0.2) is 0 Å². The molecule has 0 aliphatic heterocycles. The summed E-state index contributed by atoms with van der Waals surface area (Å²) in [4.78, 5) is 0. The van der Waals surface area contributed by atoms with Gasteiger partial charge >= 0.3 is 0 Å². The zero-order chi connectivity index (χ0) is 24.5. The van der Waals surface area contributed by atoms with Crippen LogP contribution in [0.1, 0.15) is 61.5 Å². The van der Waals surface area contributed by atoms with Crippen LogP contribution in [0, 0.1) is 24.3 Å². The summed E-state index contributed by atoms with van der Waals surface area (Å²) in [5.41, 5.74) is 1.28. The van der Waals surface area contributed by atoms with E-state index >= 15 is 0 Å². The molecule has 4 aromatic carbocycles. The van der Waals surface area contributed by atoms with Crippen LogP contribution in [0.25, 0.3) is 0 Å². The quantitative estimate of drug-likeness (QED) is 0.167. The second-order valence-electron chi connectivity index (χ2n) is 4.97. The molecule has 0 heterocycles. The van der Waals surface area contributed by atoms with Gasteiger partial charge in [-0.25, -0.2) is 0 Å². The summed E-state index contributed by atoms with van der Waals surface area (Å²) in [5, 5.41) is 0. The average Bonchev–Trinajstić information content (AvgIpc) is 2.96. The van der Waals surface area contributed by atoms with Crippen molar-refractivity contribution >= 4 is 0 Å². The smallest absolute Gasteiger partial charge is 0 e. The van der Waals surface area contributed by atoms with E-state index < -0.39 is 0 Å². The van der Waals surface area contributed by atoms with Crippen LogP contribution >= 0.6 is 0 Å². The zero-order valence-corrected chi connectivity index (χ0v) is 71.5. The topological polar surface area (TPSA) is 0 Å². The predicted molar refractivity (Wildman–Crippen MR) is 151 cm³/mol. The fraction of sp³-hybridized carbons (Fsp3) is 0.273. The van der Waals surface area contributed by atoms with Gasteiger partial charge in [0.25, 0.3) is 0 Å². The molecule has 0 spiro atoms.